The molecule has 0 atom stereocenters. The van der Waals surface area contributed by atoms with Crippen LogP contribution in [-0.2, 0) is 0 Å². The van der Waals surface area contributed by atoms with Gasteiger partial charge < -0.3 is 9.13 Å². The minimum Gasteiger partial charge on any atom is -0.309 e. The minimum atomic E-state index is 1.14. The molecule has 0 aliphatic carbocycles. The maximum Gasteiger partial charge on any atom is 0.0549 e. The standard InChI is InChI=1S/C52H34N2/c1-4-14-35(15-5-1)39-30-40(36-16-6-2-7-17-36)32-41(31-39)37-24-27-43(28-25-37)53-48-23-13-12-22-45(48)46-33-51-47(34-50(46)53)52-44-21-11-10-18-38(44)26-29-49(52)54(51)42-19-8-3-9-20-42/h1-34H. The predicted molar refractivity (Wildman–Crippen MR) is 229 cm³/mol. The molecule has 2 nitrogen and oxygen atoms in total. The van der Waals surface area contributed by atoms with E-state index in [-0.39, 0.29) is 0 Å². The molecule has 54 heavy (non-hydrogen) atoms. The third-order valence-electron chi connectivity index (χ3n) is 11.1. The van der Waals surface area contributed by atoms with Crippen LogP contribution >= 0.6 is 0 Å². The van der Waals surface area contributed by atoms with Crippen molar-refractivity contribution in [2.24, 2.45) is 0 Å². The van der Waals surface area contributed by atoms with Crippen molar-refractivity contribution in [2.45, 2.75) is 0 Å². The molecule has 9 aromatic carbocycles. The van der Waals surface area contributed by atoms with Crippen LogP contribution in [0, 0.1) is 0 Å². The van der Waals surface area contributed by atoms with Gasteiger partial charge in [-0.05, 0) is 111 Å². The van der Waals surface area contributed by atoms with Gasteiger partial charge in [0.05, 0.1) is 22.1 Å². The first-order valence-corrected chi connectivity index (χ1v) is 18.6. The summed E-state index contributed by atoms with van der Waals surface area (Å²) in [4.78, 5) is 0. The number of hydrogen-bond donors (Lipinski definition) is 0. The Morgan fingerprint density at radius 2 is 0.722 bits per heavy atom. The summed E-state index contributed by atoms with van der Waals surface area (Å²) < 4.78 is 4.88. The Balaban J connectivity index is 1.13. The molecule has 2 heterocycles. The average Bonchev–Trinajstić information content (AvgIpc) is 3.76. The summed E-state index contributed by atoms with van der Waals surface area (Å²) in [6.45, 7) is 0. The first-order chi connectivity index (χ1) is 26.8. The van der Waals surface area contributed by atoms with E-state index in [2.05, 4.69) is 215 Å². The molecule has 11 aromatic rings. The molecule has 0 bridgehead atoms. The Kier molecular flexibility index (Phi) is 6.90. The van der Waals surface area contributed by atoms with E-state index in [4.69, 9.17) is 0 Å². The number of hydrogen-bond acceptors (Lipinski definition) is 0. The highest BCUT2D eigenvalue weighted by Gasteiger charge is 2.20. The third-order valence-corrected chi connectivity index (χ3v) is 11.1. The Hall–Kier alpha value is -7.16. The van der Waals surface area contributed by atoms with Crippen LogP contribution in [0.3, 0.4) is 0 Å². The van der Waals surface area contributed by atoms with Crippen LogP contribution in [-0.4, -0.2) is 9.13 Å². The normalized spacial score (nSPS) is 11.7. The van der Waals surface area contributed by atoms with Crippen molar-refractivity contribution in [1.82, 2.24) is 9.13 Å². The summed E-state index contributed by atoms with van der Waals surface area (Å²) >= 11 is 0. The fourth-order valence-electron chi connectivity index (χ4n) is 8.57. The van der Waals surface area contributed by atoms with Gasteiger partial charge in [0.15, 0.2) is 0 Å². The second-order valence-electron chi connectivity index (χ2n) is 14.2. The second kappa shape index (κ2) is 12.2. The first kappa shape index (κ1) is 30.5. The van der Waals surface area contributed by atoms with Gasteiger partial charge >= 0.3 is 0 Å². The van der Waals surface area contributed by atoms with Gasteiger partial charge in [0, 0.05) is 32.9 Å². The highest BCUT2D eigenvalue weighted by atomic mass is 15.0. The quantitative estimate of drug-likeness (QED) is 0.171. The van der Waals surface area contributed by atoms with E-state index in [0.717, 1.165) is 5.69 Å². The van der Waals surface area contributed by atoms with Gasteiger partial charge in [-0.25, -0.2) is 0 Å². The summed E-state index contributed by atoms with van der Waals surface area (Å²) in [5, 5.41) is 7.55. The molecule has 2 aromatic heterocycles. The summed E-state index contributed by atoms with van der Waals surface area (Å²) in [5.74, 6) is 0. The van der Waals surface area contributed by atoms with E-state index in [0.29, 0.717) is 0 Å². The Morgan fingerprint density at radius 3 is 1.39 bits per heavy atom. The average molecular weight is 687 g/mol. The van der Waals surface area contributed by atoms with Crippen LogP contribution in [0.2, 0.25) is 0 Å². The van der Waals surface area contributed by atoms with Crippen LogP contribution in [0.5, 0.6) is 0 Å². The fourth-order valence-corrected chi connectivity index (χ4v) is 8.57. The van der Waals surface area contributed by atoms with Crippen molar-refractivity contribution in [3.05, 3.63) is 206 Å². The molecule has 0 saturated carbocycles. The second-order valence-corrected chi connectivity index (χ2v) is 14.2. The number of aromatic nitrogens is 2. The number of fused-ring (bicyclic) bond motifs is 8. The van der Waals surface area contributed by atoms with Crippen LogP contribution in [0.25, 0.3) is 99.1 Å². The van der Waals surface area contributed by atoms with Crippen molar-refractivity contribution < 1.29 is 0 Å². The molecule has 2 heteroatoms. The van der Waals surface area contributed by atoms with E-state index in [9.17, 15) is 0 Å². The first-order valence-electron chi connectivity index (χ1n) is 18.6. The number of rotatable bonds is 5. The van der Waals surface area contributed by atoms with Gasteiger partial charge in [-0.3, -0.25) is 0 Å². The lowest BCUT2D eigenvalue weighted by Crippen LogP contribution is -1.95. The number of para-hydroxylation sites is 2. The largest absolute Gasteiger partial charge is 0.309 e. The van der Waals surface area contributed by atoms with Crippen molar-refractivity contribution in [1.29, 1.82) is 0 Å². The van der Waals surface area contributed by atoms with Gasteiger partial charge in [0.25, 0.3) is 0 Å². The fraction of sp³-hybridized carbons (Fsp3) is 0. The van der Waals surface area contributed by atoms with Crippen LogP contribution in [0.4, 0.5) is 0 Å². The molecule has 0 aliphatic rings. The van der Waals surface area contributed by atoms with E-state index < -0.39 is 0 Å². The number of nitrogens with zero attached hydrogens (tertiary/aromatic N) is 2. The van der Waals surface area contributed by atoms with Gasteiger partial charge in [-0.1, -0.05) is 140 Å². The zero-order valence-electron chi connectivity index (χ0n) is 29.5. The van der Waals surface area contributed by atoms with Gasteiger partial charge in [0.1, 0.15) is 0 Å². The molecule has 0 N–H and O–H groups in total. The van der Waals surface area contributed by atoms with E-state index >= 15 is 0 Å². The summed E-state index contributed by atoms with van der Waals surface area (Å²) in [6.07, 6.45) is 0. The third kappa shape index (κ3) is 4.81. The minimum absolute atomic E-state index is 1.14. The van der Waals surface area contributed by atoms with E-state index in [1.54, 1.807) is 0 Å². The molecule has 11 rings (SSSR count). The number of benzene rings is 9. The molecular weight excluding hydrogens is 653 g/mol. The highest BCUT2D eigenvalue weighted by Crippen LogP contribution is 2.42. The van der Waals surface area contributed by atoms with E-state index in [1.165, 1.54) is 93.5 Å². The maximum atomic E-state index is 2.44. The molecule has 0 unspecified atom stereocenters. The summed E-state index contributed by atoms with van der Waals surface area (Å²) in [6, 6.07) is 75.2. The molecule has 0 radical (unpaired) electrons. The topological polar surface area (TPSA) is 9.86 Å². The summed E-state index contributed by atoms with van der Waals surface area (Å²) in [5.41, 5.74) is 14.4. The highest BCUT2D eigenvalue weighted by molar-refractivity contribution is 6.25. The SMILES string of the molecule is c1ccc(-c2cc(-c3ccccc3)cc(-c3ccc(-n4c5ccccc5c5cc6c(cc54)c4c5ccccc5ccc4n6-c4ccccc4)cc3)c2)cc1. The molecule has 252 valence electrons. The van der Waals surface area contributed by atoms with Gasteiger partial charge in [-0.2, -0.15) is 0 Å². The molecule has 0 amide bonds. The van der Waals surface area contributed by atoms with E-state index in [1.807, 2.05) is 0 Å². The Labute approximate surface area is 313 Å². The van der Waals surface area contributed by atoms with Crippen LogP contribution in [0.15, 0.2) is 206 Å². The Morgan fingerprint density at radius 1 is 0.241 bits per heavy atom. The van der Waals surface area contributed by atoms with Crippen LogP contribution in [0.1, 0.15) is 0 Å². The lowest BCUT2D eigenvalue weighted by atomic mass is 9.93. The van der Waals surface area contributed by atoms with Crippen molar-refractivity contribution in [3.63, 3.8) is 0 Å². The predicted octanol–water partition coefficient (Wildman–Crippen LogP) is 14.0. The smallest absolute Gasteiger partial charge is 0.0549 e. The van der Waals surface area contributed by atoms with Crippen molar-refractivity contribution >= 4 is 54.4 Å². The lowest BCUT2D eigenvalue weighted by molar-refractivity contribution is 1.17. The molecule has 0 saturated heterocycles. The molecular formula is C52H34N2. The zero-order valence-corrected chi connectivity index (χ0v) is 29.5. The van der Waals surface area contributed by atoms with Gasteiger partial charge in [-0.15, -0.1) is 0 Å². The summed E-state index contributed by atoms with van der Waals surface area (Å²) in [7, 11) is 0. The molecule has 0 fully saturated rings. The lowest BCUT2D eigenvalue weighted by Gasteiger charge is -2.13. The molecule has 0 aliphatic heterocycles. The zero-order chi connectivity index (χ0) is 35.6. The van der Waals surface area contributed by atoms with Crippen molar-refractivity contribution in [2.75, 3.05) is 0 Å². The van der Waals surface area contributed by atoms with Crippen molar-refractivity contribution in [3.8, 4) is 44.8 Å². The maximum absolute atomic E-state index is 2.44. The van der Waals surface area contributed by atoms with Crippen LogP contribution < -0.4 is 0 Å². The Bertz CT molecular complexity index is 3110. The molecule has 0 spiro atoms. The van der Waals surface area contributed by atoms with Gasteiger partial charge in [0.2, 0.25) is 0 Å². The monoisotopic (exact) mass is 686 g/mol.